The Labute approximate surface area is 131 Å². The number of halogens is 1. The van der Waals surface area contributed by atoms with Crippen molar-refractivity contribution in [2.75, 3.05) is 0 Å². The van der Waals surface area contributed by atoms with E-state index in [1.54, 1.807) is 16.6 Å². The van der Waals surface area contributed by atoms with E-state index < -0.39 is 0 Å². The zero-order chi connectivity index (χ0) is 15.9. The second kappa shape index (κ2) is 5.28. The lowest BCUT2D eigenvalue weighted by atomic mass is 9.91. The maximum absolute atomic E-state index is 12.9. The summed E-state index contributed by atoms with van der Waals surface area (Å²) in [6.45, 7) is 6.06. The number of benzene rings is 1. The molecule has 114 valence electrons. The summed E-state index contributed by atoms with van der Waals surface area (Å²) in [6.07, 6.45) is 1.40. The van der Waals surface area contributed by atoms with E-state index in [1.807, 2.05) is 20.8 Å². The Balaban J connectivity index is 1.99. The number of fused-ring (bicyclic) bond motifs is 1. The molecule has 2 aromatic heterocycles. The van der Waals surface area contributed by atoms with Crippen molar-refractivity contribution in [2.24, 2.45) is 0 Å². The summed E-state index contributed by atoms with van der Waals surface area (Å²) in [4.78, 5) is 16.7. The van der Waals surface area contributed by atoms with Crippen molar-refractivity contribution >= 4 is 22.6 Å². The zero-order valence-electron chi connectivity index (χ0n) is 12.6. The van der Waals surface area contributed by atoms with Crippen LogP contribution in [0.15, 0.2) is 24.3 Å². The fourth-order valence-electron chi connectivity index (χ4n) is 2.31. The fourth-order valence-corrected chi connectivity index (χ4v) is 3.24. The molecule has 0 aliphatic rings. The molecule has 0 saturated heterocycles. The summed E-state index contributed by atoms with van der Waals surface area (Å²) < 4.78 is 14.5. The monoisotopic (exact) mass is 317 g/mol. The van der Waals surface area contributed by atoms with Crippen molar-refractivity contribution in [3.63, 3.8) is 0 Å². The van der Waals surface area contributed by atoms with Gasteiger partial charge in [0.2, 0.25) is 4.96 Å². The zero-order valence-corrected chi connectivity index (χ0v) is 13.4. The van der Waals surface area contributed by atoms with Crippen molar-refractivity contribution in [1.82, 2.24) is 14.6 Å². The number of rotatable bonds is 3. The van der Waals surface area contributed by atoms with E-state index in [4.69, 9.17) is 0 Å². The molecule has 0 spiro atoms. The third-order valence-electron chi connectivity index (χ3n) is 3.37. The van der Waals surface area contributed by atoms with E-state index in [0.29, 0.717) is 17.1 Å². The SMILES string of the molecule is CC(C)(C)c1nc2sc(Cc3ccc(F)cc3)nn2c1C=O. The molecule has 0 bridgehead atoms. The predicted molar refractivity (Wildman–Crippen MR) is 84.2 cm³/mol. The summed E-state index contributed by atoms with van der Waals surface area (Å²) in [7, 11) is 0. The highest BCUT2D eigenvalue weighted by atomic mass is 32.1. The largest absolute Gasteiger partial charge is 0.296 e. The molecule has 0 saturated carbocycles. The molecule has 0 aliphatic heterocycles. The average Bonchev–Trinajstić information content (AvgIpc) is 2.97. The summed E-state index contributed by atoms with van der Waals surface area (Å²) in [6, 6.07) is 6.34. The van der Waals surface area contributed by atoms with Crippen LogP contribution in [0.25, 0.3) is 4.96 Å². The fraction of sp³-hybridized carbons (Fsp3) is 0.312. The van der Waals surface area contributed by atoms with Gasteiger partial charge in [-0.25, -0.2) is 9.37 Å². The molecule has 0 fully saturated rings. The first-order valence-corrected chi connectivity index (χ1v) is 7.78. The van der Waals surface area contributed by atoms with Crippen LogP contribution >= 0.6 is 11.3 Å². The van der Waals surface area contributed by atoms with Gasteiger partial charge in [-0.2, -0.15) is 9.61 Å². The maximum atomic E-state index is 12.9. The number of aldehydes is 1. The standard InChI is InChI=1S/C16H16FN3OS/c1-16(2,3)14-12(9-21)20-15(18-14)22-13(19-20)8-10-4-6-11(17)7-5-10/h4-7,9H,8H2,1-3H3. The molecule has 3 aromatic rings. The van der Waals surface area contributed by atoms with Crippen LogP contribution in [-0.4, -0.2) is 20.9 Å². The Morgan fingerprint density at radius 1 is 1.27 bits per heavy atom. The Morgan fingerprint density at radius 2 is 1.95 bits per heavy atom. The number of hydrogen-bond donors (Lipinski definition) is 0. The summed E-state index contributed by atoms with van der Waals surface area (Å²) in [5.41, 5.74) is 2.03. The van der Waals surface area contributed by atoms with E-state index in [2.05, 4.69) is 10.1 Å². The van der Waals surface area contributed by atoms with Crippen LogP contribution in [0.5, 0.6) is 0 Å². The van der Waals surface area contributed by atoms with Crippen LogP contribution in [0.4, 0.5) is 4.39 Å². The summed E-state index contributed by atoms with van der Waals surface area (Å²) >= 11 is 1.45. The van der Waals surface area contributed by atoms with Gasteiger partial charge < -0.3 is 0 Å². The van der Waals surface area contributed by atoms with Gasteiger partial charge in [0.1, 0.15) is 16.5 Å². The Bertz CT molecular complexity index is 828. The minimum absolute atomic E-state index is 0.208. The Morgan fingerprint density at radius 3 is 2.55 bits per heavy atom. The normalized spacial score (nSPS) is 12.0. The minimum Gasteiger partial charge on any atom is -0.296 e. The molecule has 3 rings (SSSR count). The summed E-state index contributed by atoms with van der Waals surface area (Å²) in [5.74, 6) is -0.254. The summed E-state index contributed by atoms with van der Waals surface area (Å²) in [5, 5.41) is 5.33. The van der Waals surface area contributed by atoms with Gasteiger partial charge in [-0.1, -0.05) is 44.2 Å². The van der Waals surface area contributed by atoms with Crippen LogP contribution < -0.4 is 0 Å². The molecule has 4 nitrogen and oxygen atoms in total. The third kappa shape index (κ3) is 2.66. The average molecular weight is 317 g/mol. The quantitative estimate of drug-likeness (QED) is 0.693. The van der Waals surface area contributed by atoms with Gasteiger partial charge in [-0.3, -0.25) is 4.79 Å². The van der Waals surface area contributed by atoms with Gasteiger partial charge in [-0.05, 0) is 17.7 Å². The Kier molecular flexibility index (Phi) is 3.56. The van der Waals surface area contributed by atoms with Crippen LogP contribution in [0.2, 0.25) is 0 Å². The van der Waals surface area contributed by atoms with E-state index >= 15 is 0 Å². The van der Waals surface area contributed by atoms with E-state index in [0.717, 1.165) is 22.6 Å². The van der Waals surface area contributed by atoms with Gasteiger partial charge >= 0.3 is 0 Å². The molecule has 0 aliphatic carbocycles. The predicted octanol–water partition coefficient (Wildman–Crippen LogP) is 3.63. The first-order chi connectivity index (χ1) is 10.4. The molecule has 0 N–H and O–H groups in total. The smallest absolute Gasteiger partial charge is 0.213 e. The topological polar surface area (TPSA) is 47.3 Å². The van der Waals surface area contributed by atoms with E-state index in [1.165, 1.54) is 23.5 Å². The highest BCUT2D eigenvalue weighted by Gasteiger charge is 2.25. The highest BCUT2D eigenvalue weighted by Crippen LogP contribution is 2.28. The van der Waals surface area contributed by atoms with Gasteiger partial charge in [-0.15, -0.1) is 0 Å². The van der Waals surface area contributed by atoms with Crippen molar-refractivity contribution < 1.29 is 9.18 Å². The molecule has 22 heavy (non-hydrogen) atoms. The second-order valence-electron chi connectivity index (χ2n) is 6.21. The molecule has 0 unspecified atom stereocenters. The number of imidazole rings is 1. The van der Waals surface area contributed by atoms with Crippen LogP contribution in [0.1, 0.15) is 47.5 Å². The lowest BCUT2D eigenvalue weighted by Crippen LogP contribution is -2.15. The van der Waals surface area contributed by atoms with Crippen molar-refractivity contribution in [3.05, 3.63) is 52.0 Å². The van der Waals surface area contributed by atoms with Crippen molar-refractivity contribution in [3.8, 4) is 0 Å². The molecule has 0 amide bonds. The van der Waals surface area contributed by atoms with Gasteiger partial charge in [0.05, 0.1) is 5.69 Å². The number of aromatic nitrogens is 3. The number of nitrogens with zero attached hydrogens (tertiary/aromatic N) is 3. The van der Waals surface area contributed by atoms with Gasteiger partial charge in [0.25, 0.3) is 0 Å². The highest BCUT2D eigenvalue weighted by molar-refractivity contribution is 7.16. The first-order valence-electron chi connectivity index (χ1n) is 6.97. The minimum atomic E-state index is -0.254. The Hall–Kier alpha value is -2.08. The second-order valence-corrected chi connectivity index (χ2v) is 7.25. The molecule has 6 heteroatoms. The van der Waals surface area contributed by atoms with Gasteiger partial charge in [0, 0.05) is 11.8 Å². The molecular formula is C16H16FN3OS. The van der Waals surface area contributed by atoms with Crippen LogP contribution in [0.3, 0.4) is 0 Å². The molecule has 0 atom stereocenters. The molecule has 1 aromatic carbocycles. The molecular weight excluding hydrogens is 301 g/mol. The van der Waals surface area contributed by atoms with Crippen LogP contribution in [0, 0.1) is 5.82 Å². The van der Waals surface area contributed by atoms with E-state index in [-0.39, 0.29) is 11.2 Å². The number of carbonyl (C=O) groups is 1. The lowest BCUT2D eigenvalue weighted by molar-refractivity contribution is 0.111. The number of hydrogen-bond acceptors (Lipinski definition) is 4. The van der Waals surface area contributed by atoms with Crippen LogP contribution in [-0.2, 0) is 11.8 Å². The van der Waals surface area contributed by atoms with E-state index in [9.17, 15) is 9.18 Å². The lowest BCUT2D eigenvalue weighted by Gasteiger charge is -2.15. The van der Waals surface area contributed by atoms with Crippen molar-refractivity contribution in [1.29, 1.82) is 0 Å². The first kappa shape index (κ1) is 14.8. The van der Waals surface area contributed by atoms with Crippen molar-refractivity contribution in [2.45, 2.75) is 32.6 Å². The van der Waals surface area contributed by atoms with Gasteiger partial charge in [0.15, 0.2) is 6.29 Å². The molecule has 0 radical (unpaired) electrons. The number of carbonyl (C=O) groups excluding carboxylic acids is 1. The molecule has 2 heterocycles. The third-order valence-corrected chi connectivity index (χ3v) is 4.28. The maximum Gasteiger partial charge on any atom is 0.213 e.